The maximum atomic E-state index is 11.4. The van der Waals surface area contributed by atoms with Crippen LogP contribution in [0.15, 0.2) is 12.1 Å². The number of rotatable bonds is 5. The molecular weight excluding hydrogens is 300 g/mol. The zero-order chi connectivity index (χ0) is 16.0. The first-order valence-corrected chi connectivity index (χ1v) is 6.58. The molecule has 0 saturated heterocycles. The van der Waals surface area contributed by atoms with Crippen molar-refractivity contribution < 1.29 is 14.5 Å². The molecule has 0 aliphatic rings. The average molecular weight is 317 g/mol. The van der Waals surface area contributed by atoms with E-state index in [1.807, 2.05) is 0 Å². The quantitative estimate of drug-likeness (QED) is 0.374. The van der Waals surface area contributed by atoms with Crippen LogP contribution in [0.1, 0.15) is 20.8 Å². The number of amides is 1. The molecule has 1 rings (SSSR count). The second-order valence-electron chi connectivity index (χ2n) is 5.15. The predicted octanol–water partition coefficient (Wildman–Crippen LogP) is 2.58. The Bertz CT molecular complexity index is 530. The summed E-state index contributed by atoms with van der Waals surface area (Å²) in [5.74, 6) is 0.264. The van der Waals surface area contributed by atoms with Gasteiger partial charge in [-0.2, -0.15) is 0 Å². The summed E-state index contributed by atoms with van der Waals surface area (Å²) in [7, 11) is 0. The van der Waals surface area contributed by atoms with E-state index in [0.717, 1.165) is 6.07 Å². The molecule has 0 bridgehead atoms. The van der Waals surface area contributed by atoms with E-state index in [4.69, 9.17) is 16.3 Å². The average Bonchev–Trinajstić information content (AvgIpc) is 2.31. The fourth-order valence-electron chi connectivity index (χ4n) is 1.35. The molecule has 1 heterocycles. The van der Waals surface area contributed by atoms with Crippen LogP contribution in [0.25, 0.3) is 0 Å². The molecule has 1 aromatic rings. The molecular formula is C12H17ClN4O4. The van der Waals surface area contributed by atoms with Gasteiger partial charge in [-0.05, 0) is 20.8 Å². The molecule has 8 nitrogen and oxygen atoms in total. The molecule has 0 fully saturated rings. The van der Waals surface area contributed by atoms with Gasteiger partial charge in [0.1, 0.15) is 16.6 Å². The second kappa shape index (κ2) is 7.07. The summed E-state index contributed by atoms with van der Waals surface area (Å²) in [6.07, 6.45) is -0.533. The van der Waals surface area contributed by atoms with Gasteiger partial charge in [-0.3, -0.25) is 10.1 Å². The maximum absolute atomic E-state index is 11.4. The van der Waals surface area contributed by atoms with Crippen molar-refractivity contribution in [2.45, 2.75) is 26.4 Å². The number of pyridine rings is 1. The van der Waals surface area contributed by atoms with Crippen molar-refractivity contribution in [3.63, 3.8) is 0 Å². The third-order valence-corrected chi connectivity index (χ3v) is 2.28. The molecule has 0 spiro atoms. The van der Waals surface area contributed by atoms with Crippen LogP contribution in [0.5, 0.6) is 0 Å². The molecule has 0 aromatic carbocycles. The zero-order valence-electron chi connectivity index (χ0n) is 12.0. The van der Waals surface area contributed by atoms with Gasteiger partial charge in [-0.15, -0.1) is 0 Å². The largest absolute Gasteiger partial charge is 0.444 e. The van der Waals surface area contributed by atoms with Crippen LogP contribution < -0.4 is 10.6 Å². The molecule has 0 saturated carbocycles. The molecule has 2 N–H and O–H groups in total. The number of nitro groups is 1. The van der Waals surface area contributed by atoms with Crippen LogP contribution in [0.4, 0.5) is 16.3 Å². The van der Waals surface area contributed by atoms with E-state index in [2.05, 4.69) is 15.6 Å². The Labute approximate surface area is 127 Å². The monoisotopic (exact) mass is 316 g/mol. The summed E-state index contributed by atoms with van der Waals surface area (Å²) in [4.78, 5) is 25.4. The first-order chi connectivity index (χ1) is 9.67. The predicted molar refractivity (Wildman–Crippen MR) is 78.6 cm³/mol. The lowest BCUT2D eigenvalue weighted by atomic mass is 10.2. The van der Waals surface area contributed by atoms with Gasteiger partial charge in [0.25, 0.3) is 5.69 Å². The van der Waals surface area contributed by atoms with Crippen LogP contribution in [-0.4, -0.2) is 34.7 Å². The third kappa shape index (κ3) is 6.75. The van der Waals surface area contributed by atoms with Crippen molar-refractivity contribution in [3.8, 4) is 0 Å². The van der Waals surface area contributed by atoms with Crippen molar-refractivity contribution in [2.24, 2.45) is 0 Å². The normalized spacial score (nSPS) is 10.9. The molecule has 0 aliphatic heterocycles. The zero-order valence-corrected chi connectivity index (χ0v) is 12.7. The van der Waals surface area contributed by atoms with Gasteiger partial charge >= 0.3 is 6.09 Å². The number of carbonyl (C=O) groups is 1. The second-order valence-corrected chi connectivity index (χ2v) is 5.53. The summed E-state index contributed by atoms with van der Waals surface area (Å²) in [5.41, 5.74) is -0.718. The summed E-state index contributed by atoms with van der Waals surface area (Å²) in [6.45, 7) is 5.89. The number of aromatic nitrogens is 1. The minimum atomic E-state index is -0.563. The standard InChI is InChI=1S/C12H17ClN4O4/c1-12(2,3)21-11(18)15-5-4-14-10-7-8(17(19)20)6-9(13)16-10/h6-7H,4-5H2,1-3H3,(H,14,16)(H,15,18). The van der Waals surface area contributed by atoms with Gasteiger partial charge in [0, 0.05) is 13.1 Å². The summed E-state index contributed by atoms with van der Waals surface area (Å²) in [5, 5.41) is 16.1. The van der Waals surface area contributed by atoms with Gasteiger partial charge in [0.15, 0.2) is 0 Å². The Morgan fingerprint density at radius 1 is 1.43 bits per heavy atom. The molecule has 0 unspecified atom stereocenters. The summed E-state index contributed by atoms with van der Waals surface area (Å²) >= 11 is 5.68. The van der Waals surface area contributed by atoms with Crippen molar-refractivity contribution >= 4 is 29.2 Å². The van der Waals surface area contributed by atoms with Crippen LogP contribution in [-0.2, 0) is 4.74 Å². The fraction of sp³-hybridized carbons (Fsp3) is 0.500. The van der Waals surface area contributed by atoms with Crippen LogP contribution in [0.2, 0.25) is 5.15 Å². The van der Waals surface area contributed by atoms with Crippen LogP contribution in [0.3, 0.4) is 0 Å². The van der Waals surface area contributed by atoms with E-state index in [-0.39, 0.29) is 23.2 Å². The molecule has 0 radical (unpaired) electrons. The van der Waals surface area contributed by atoms with Gasteiger partial charge in [0.2, 0.25) is 0 Å². The Hall–Kier alpha value is -2.09. The maximum Gasteiger partial charge on any atom is 0.407 e. The van der Waals surface area contributed by atoms with E-state index < -0.39 is 16.6 Å². The van der Waals surface area contributed by atoms with Crippen LogP contribution in [0, 0.1) is 10.1 Å². The van der Waals surface area contributed by atoms with Gasteiger partial charge in [-0.1, -0.05) is 11.6 Å². The number of hydrogen-bond donors (Lipinski definition) is 2. The number of halogens is 1. The molecule has 0 atom stereocenters. The molecule has 116 valence electrons. The highest BCUT2D eigenvalue weighted by molar-refractivity contribution is 6.29. The summed E-state index contributed by atoms with van der Waals surface area (Å²) < 4.78 is 5.06. The highest BCUT2D eigenvalue weighted by Crippen LogP contribution is 2.20. The third-order valence-electron chi connectivity index (χ3n) is 2.09. The van der Waals surface area contributed by atoms with Crippen molar-refractivity contribution in [1.29, 1.82) is 0 Å². The molecule has 21 heavy (non-hydrogen) atoms. The topological polar surface area (TPSA) is 106 Å². The van der Waals surface area contributed by atoms with E-state index in [1.54, 1.807) is 20.8 Å². The number of alkyl carbamates (subject to hydrolysis) is 1. The molecule has 1 amide bonds. The highest BCUT2D eigenvalue weighted by Gasteiger charge is 2.15. The van der Waals surface area contributed by atoms with Gasteiger partial charge in [-0.25, -0.2) is 9.78 Å². The number of hydrogen-bond acceptors (Lipinski definition) is 6. The fourth-order valence-corrected chi connectivity index (χ4v) is 1.55. The molecule has 0 aliphatic carbocycles. The van der Waals surface area contributed by atoms with Gasteiger partial charge in [0.05, 0.1) is 17.1 Å². The van der Waals surface area contributed by atoms with Crippen LogP contribution >= 0.6 is 11.6 Å². The first kappa shape index (κ1) is 17.0. The minimum absolute atomic E-state index is 0.0202. The van der Waals surface area contributed by atoms with Gasteiger partial charge < -0.3 is 15.4 Å². The van der Waals surface area contributed by atoms with E-state index in [0.29, 0.717) is 6.54 Å². The number of nitrogens with one attached hydrogen (secondary N) is 2. The summed E-state index contributed by atoms with van der Waals surface area (Å²) in [6, 6.07) is 2.42. The Morgan fingerprint density at radius 3 is 2.67 bits per heavy atom. The number of carbonyl (C=O) groups excluding carboxylic acids is 1. The lowest BCUT2D eigenvalue weighted by molar-refractivity contribution is -0.384. The molecule has 1 aromatic heterocycles. The Balaban J connectivity index is 2.43. The SMILES string of the molecule is CC(C)(C)OC(=O)NCCNc1cc([N+](=O)[O-])cc(Cl)n1. The number of anilines is 1. The van der Waals surface area contributed by atoms with Crippen molar-refractivity contribution in [2.75, 3.05) is 18.4 Å². The van der Waals surface area contributed by atoms with Crippen molar-refractivity contribution in [1.82, 2.24) is 10.3 Å². The Morgan fingerprint density at radius 2 is 2.10 bits per heavy atom. The minimum Gasteiger partial charge on any atom is -0.444 e. The number of ether oxygens (including phenoxy) is 1. The number of nitrogens with zero attached hydrogens (tertiary/aromatic N) is 2. The van der Waals surface area contributed by atoms with E-state index in [1.165, 1.54) is 6.07 Å². The first-order valence-electron chi connectivity index (χ1n) is 6.20. The van der Waals surface area contributed by atoms with E-state index in [9.17, 15) is 14.9 Å². The Kier molecular flexibility index (Phi) is 5.71. The lowest BCUT2D eigenvalue weighted by Crippen LogP contribution is -2.35. The van der Waals surface area contributed by atoms with E-state index >= 15 is 0 Å². The molecule has 9 heteroatoms. The highest BCUT2D eigenvalue weighted by atomic mass is 35.5. The smallest absolute Gasteiger partial charge is 0.407 e. The lowest BCUT2D eigenvalue weighted by Gasteiger charge is -2.19. The van der Waals surface area contributed by atoms with Crippen molar-refractivity contribution in [3.05, 3.63) is 27.4 Å².